The highest BCUT2D eigenvalue weighted by Gasteiger charge is 2.21. The summed E-state index contributed by atoms with van der Waals surface area (Å²) in [4.78, 5) is 10.9. The van der Waals surface area contributed by atoms with E-state index in [0.717, 1.165) is 6.08 Å². The van der Waals surface area contributed by atoms with E-state index in [2.05, 4.69) is 15.9 Å². The second-order valence-corrected chi connectivity index (χ2v) is 4.60. The van der Waals surface area contributed by atoms with Crippen LogP contribution in [0.5, 0.6) is 5.75 Å². The molecular formula is C12H14BrNO5. The molecular weight excluding hydrogens is 318 g/mol. The van der Waals surface area contributed by atoms with Crippen LogP contribution in [0.4, 0.5) is 0 Å². The van der Waals surface area contributed by atoms with E-state index in [1.165, 1.54) is 24.7 Å². The topological polar surface area (TPSA) is 99.0 Å². The monoisotopic (exact) mass is 331 g/mol. The molecule has 1 aromatic rings. The van der Waals surface area contributed by atoms with Gasteiger partial charge < -0.3 is 14.9 Å². The Morgan fingerprint density at radius 2 is 2.21 bits per heavy atom. The van der Waals surface area contributed by atoms with E-state index in [9.17, 15) is 15.0 Å². The molecule has 1 aromatic carbocycles. The van der Waals surface area contributed by atoms with Gasteiger partial charge >= 0.3 is 0 Å². The van der Waals surface area contributed by atoms with E-state index < -0.39 is 18.1 Å². The highest BCUT2D eigenvalue weighted by Crippen LogP contribution is 2.30. The van der Waals surface area contributed by atoms with Gasteiger partial charge in [0.2, 0.25) is 0 Å². The van der Waals surface area contributed by atoms with E-state index in [1.807, 2.05) is 0 Å². The van der Waals surface area contributed by atoms with E-state index >= 15 is 0 Å². The van der Waals surface area contributed by atoms with Crippen LogP contribution in [0.3, 0.4) is 0 Å². The maximum absolute atomic E-state index is 10.9. The van der Waals surface area contributed by atoms with Crippen molar-refractivity contribution in [1.82, 2.24) is 5.48 Å². The third-order valence-corrected chi connectivity index (χ3v) is 2.93. The number of phenols is 1. The number of carbonyl (C=O) groups excluding carboxylic acids is 1. The SMILES string of the molecule is CO[C@@H](/C=C/C(=O)NO)[C@@H](O)c1cc(Br)ccc1O. The molecule has 1 rings (SSSR count). The predicted molar refractivity (Wildman–Crippen MR) is 70.6 cm³/mol. The number of halogens is 1. The maximum Gasteiger partial charge on any atom is 0.267 e. The molecule has 0 aliphatic heterocycles. The Hall–Kier alpha value is -1.41. The number of aliphatic hydroxyl groups excluding tert-OH is 1. The highest BCUT2D eigenvalue weighted by atomic mass is 79.9. The predicted octanol–water partition coefficient (Wildman–Crippen LogP) is 1.26. The molecule has 6 nitrogen and oxygen atoms in total. The van der Waals surface area contributed by atoms with Gasteiger partial charge in [-0.15, -0.1) is 0 Å². The summed E-state index contributed by atoms with van der Waals surface area (Å²) in [6, 6.07) is 4.61. The summed E-state index contributed by atoms with van der Waals surface area (Å²) < 4.78 is 5.72. The van der Waals surface area contributed by atoms with Crippen molar-refractivity contribution in [3.8, 4) is 5.75 Å². The molecule has 4 N–H and O–H groups in total. The van der Waals surface area contributed by atoms with Crippen LogP contribution >= 0.6 is 15.9 Å². The van der Waals surface area contributed by atoms with Crippen molar-refractivity contribution in [2.75, 3.05) is 7.11 Å². The van der Waals surface area contributed by atoms with Crippen LogP contribution in [-0.2, 0) is 9.53 Å². The molecule has 1 amide bonds. The van der Waals surface area contributed by atoms with E-state index in [0.29, 0.717) is 4.47 Å². The maximum atomic E-state index is 10.9. The number of amides is 1. The smallest absolute Gasteiger partial charge is 0.267 e. The Labute approximate surface area is 118 Å². The van der Waals surface area contributed by atoms with Gasteiger partial charge in [0.25, 0.3) is 5.91 Å². The molecule has 0 aliphatic rings. The van der Waals surface area contributed by atoms with Crippen molar-refractivity contribution in [2.45, 2.75) is 12.2 Å². The normalized spacial score (nSPS) is 14.3. The van der Waals surface area contributed by atoms with Gasteiger partial charge in [0.1, 0.15) is 18.0 Å². The number of ether oxygens (including phenoxy) is 1. The fourth-order valence-electron chi connectivity index (χ4n) is 1.47. The number of hydrogen-bond donors (Lipinski definition) is 4. The lowest BCUT2D eigenvalue weighted by Crippen LogP contribution is -2.21. The summed E-state index contributed by atoms with van der Waals surface area (Å²) in [5.41, 5.74) is 1.68. The molecule has 0 unspecified atom stereocenters. The first-order valence-electron chi connectivity index (χ1n) is 5.31. The molecule has 0 bridgehead atoms. The number of rotatable bonds is 5. The fourth-order valence-corrected chi connectivity index (χ4v) is 1.85. The number of aliphatic hydroxyl groups is 1. The highest BCUT2D eigenvalue weighted by molar-refractivity contribution is 9.10. The van der Waals surface area contributed by atoms with Crippen molar-refractivity contribution in [3.05, 3.63) is 40.4 Å². The van der Waals surface area contributed by atoms with Gasteiger partial charge in [-0.2, -0.15) is 0 Å². The van der Waals surface area contributed by atoms with E-state index in [-0.39, 0.29) is 11.3 Å². The molecule has 0 aromatic heterocycles. The zero-order chi connectivity index (χ0) is 14.4. The van der Waals surface area contributed by atoms with Crippen LogP contribution in [0.25, 0.3) is 0 Å². The summed E-state index contributed by atoms with van der Waals surface area (Å²) in [5.74, 6) is -0.828. The van der Waals surface area contributed by atoms with Gasteiger partial charge in [0, 0.05) is 23.2 Å². The van der Waals surface area contributed by atoms with E-state index in [4.69, 9.17) is 9.94 Å². The molecule has 0 saturated carbocycles. The Kier molecular flexibility index (Phi) is 5.97. The minimum absolute atomic E-state index is 0.0854. The number of phenolic OH excluding ortho intramolecular Hbond substituents is 1. The lowest BCUT2D eigenvalue weighted by Gasteiger charge is -2.19. The quantitative estimate of drug-likeness (QED) is 0.370. The number of carbonyl (C=O) groups is 1. The van der Waals surface area contributed by atoms with Crippen LogP contribution in [0.1, 0.15) is 11.7 Å². The second kappa shape index (κ2) is 7.25. The number of nitrogens with one attached hydrogen (secondary N) is 1. The number of hydrogen-bond acceptors (Lipinski definition) is 5. The first kappa shape index (κ1) is 15.6. The summed E-state index contributed by atoms with van der Waals surface area (Å²) in [7, 11) is 1.35. The van der Waals surface area contributed by atoms with Crippen LogP contribution in [0.2, 0.25) is 0 Å². The van der Waals surface area contributed by atoms with Gasteiger partial charge in [-0.05, 0) is 24.3 Å². The zero-order valence-electron chi connectivity index (χ0n) is 10.1. The molecule has 19 heavy (non-hydrogen) atoms. The molecule has 7 heteroatoms. The molecule has 104 valence electrons. The number of methoxy groups -OCH3 is 1. The Bertz CT molecular complexity index is 477. The summed E-state index contributed by atoms with van der Waals surface area (Å²) in [5, 5.41) is 28.2. The van der Waals surface area contributed by atoms with Crippen LogP contribution in [-0.4, -0.2) is 34.5 Å². The van der Waals surface area contributed by atoms with Crippen molar-refractivity contribution in [2.24, 2.45) is 0 Å². The first-order chi connectivity index (χ1) is 8.99. The average Bonchev–Trinajstić information content (AvgIpc) is 2.41. The van der Waals surface area contributed by atoms with Gasteiger partial charge in [0.15, 0.2) is 0 Å². The third-order valence-electron chi connectivity index (χ3n) is 2.44. The van der Waals surface area contributed by atoms with Crippen molar-refractivity contribution >= 4 is 21.8 Å². The number of hydroxylamine groups is 1. The van der Waals surface area contributed by atoms with Crippen LogP contribution < -0.4 is 5.48 Å². The van der Waals surface area contributed by atoms with E-state index in [1.54, 1.807) is 12.1 Å². The third kappa shape index (κ3) is 4.32. The number of benzene rings is 1. The minimum atomic E-state index is -1.16. The van der Waals surface area contributed by atoms with Gasteiger partial charge in [-0.3, -0.25) is 10.0 Å². The lowest BCUT2D eigenvalue weighted by atomic mass is 10.0. The second-order valence-electron chi connectivity index (χ2n) is 3.68. The Morgan fingerprint density at radius 1 is 1.53 bits per heavy atom. The largest absolute Gasteiger partial charge is 0.508 e. The van der Waals surface area contributed by atoms with Crippen molar-refractivity contribution in [1.29, 1.82) is 0 Å². The first-order valence-corrected chi connectivity index (χ1v) is 6.10. The number of aromatic hydroxyl groups is 1. The van der Waals surface area contributed by atoms with Crippen molar-refractivity contribution < 1.29 is 25.0 Å². The lowest BCUT2D eigenvalue weighted by molar-refractivity contribution is -0.124. The zero-order valence-corrected chi connectivity index (χ0v) is 11.7. The summed E-state index contributed by atoms with van der Waals surface area (Å²) >= 11 is 3.23. The average molecular weight is 332 g/mol. The molecule has 2 atom stereocenters. The minimum Gasteiger partial charge on any atom is -0.508 e. The molecule has 0 fully saturated rings. The van der Waals surface area contributed by atoms with Gasteiger partial charge in [-0.25, -0.2) is 5.48 Å². The van der Waals surface area contributed by atoms with Gasteiger partial charge in [0.05, 0.1) is 0 Å². The molecule has 0 saturated heterocycles. The summed E-state index contributed by atoms with van der Waals surface area (Å²) in [6.07, 6.45) is 0.283. The Balaban J connectivity index is 2.95. The fraction of sp³-hybridized carbons (Fsp3) is 0.250. The summed E-state index contributed by atoms with van der Waals surface area (Å²) in [6.45, 7) is 0. The van der Waals surface area contributed by atoms with Crippen LogP contribution in [0.15, 0.2) is 34.8 Å². The molecule has 0 heterocycles. The Morgan fingerprint density at radius 3 is 2.79 bits per heavy atom. The molecule has 0 radical (unpaired) electrons. The standard InChI is InChI=1S/C12H14BrNO5/c1-19-10(4-5-11(16)14-18)12(17)8-6-7(13)2-3-9(8)15/h2-6,10,12,15,17-18H,1H3,(H,14,16)/b5-4+/t10-,12-/m0/s1. The van der Waals surface area contributed by atoms with Gasteiger partial charge in [-0.1, -0.05) is 15.9 Å². The van der Waals surface area contributed by atoms with Crippen LogP contribution in [0, 0.1) is 0 Å². The molecule has 0 spiro atoms. The molecule has 0 aliphatic carbocycles. The van der Waals surface area contributed by atoms with Crippen molar-refractivity contribution in [3.63, 3.8) is 0 Å².